The molecule has 0 saturated heterocycles. The molecule has 0 unspecified atom stereocenters. The van der Waals surface area contributed by atoms with Crippen LogP contribution in [0.1, 0.15) is 29.2 Å². The van der Waals surface area contributed by atoms with Gasteiger partial charge in [0.25, 0.3) is 0 Å². The summed E-state index contributed by atoms with van der Waals surface area (Å²) in [6.07, 6.45) is 0.395. The van der Waals surface area contributed by atoms with Crippen LogP contribution in [0.2, 0.25) is 0 Å². The van der Waals surface area contributed by atoms with Gasteiger partial charge in [0.1, 0.15) is 0 Å². The van der Waals surface area contributed by atoms with Crippen molar-refractivity contribution < 1.29 is 0 Å². The van der Waals surface area contributed by atoms with Gasteiger partial charge < -0.3 is 0 Å². The molecular formula is C18H13N3. The Hall–Kier alpha value is -3.09. The van der Waals surface area contributed by atoms with E-state index in [9.17, 15) is 15.8 Å². The van der Waals surface area contributed by atoms with E-state index < -0.39 is 5.41 Å². The van der Waals surface area contributed by atoms with Crippen LogP contribution in [0.5, 0.6) is 0 Å². The van der Waals surface area contributed by atoms with Crippen molar-refractivity contribution >= 4 is 0 Å². The van der Waals surface area contributed by atoms with E-state index >= 15 is 0 Å². The summed E-state index contributed by atoms with van der Waals surface area (Å²) in [6, 6.07) is 20.9. The maximum Gasteiger partial charge on any atom is 0.0995 e. The van der Waals surface area contributed by atoms with Gasteiger partial charge in [-0.3, -0.25) is 0 Å². The molecule has 0 spiro atoms. The largest absolute Gasteiger partial charge is 0.197 e. The van der Waals surface area contributed by atoms with E-state index in [1.54, 1.807) is 37.3 Å². The van der Waals surface area contributed by atoms with E-state index in [0.29, 0.717) is 23.1 Å². The lowest BCUT2D eigenvalue weighted by Crippen LogP contribution is -2.24. The molecule has 21 heavy (non-hydrogen) atoms. The molecular weight excluding hydrogens is 258 g/mol. The number of hydrogen-bond acceptors (Lipinski definition) is 3. The molecule has 1 atom stereocenters. The van der Waals surface area contributed by atoms with Gasteiger partial charge >= 0.3 is 0 Å². The first-order valence-electron chi connectivity index (χ1n) is 6.53. The Morgan fingerprint density at radius 2 is 1.43 bits per heavy atom. The smallest absolute Gasteiger partial charge is 0.0995 e. The standard InChI is InChI=1S/C18H13N3/c1-18(13-21,17-9-5-4-8-16(17)12-20)10-14-6-2-3-7-15(14)11-19/h2-9H,10H2,1H3/t18-/m0/s1. The van der Waals surface area contributed by atoms with Crippen LogP contribution >= 0.6 is 0 Å². The second kappa shape index (κ2) is 5.91. The molecule has 3 heteroatoms. The van der Waals surface area contributed by atoms with E-state index in [0.717, 1.165) is 5.56 Å². The van der Waals surface area contributed by atoms with Gasteiger partial charge in [-0.15, -0.1) is 0 Å². The summed E-state index contributed by atoms with van der Waals surface area (Å²) in [5, 5.41) is 28.0. The van der Waals surface area contributed by atoms with Gasteiger partial charge in [-0.1, -0.05) is 36.4 Å². The maximum atomic E-state index is 9.64. The van der Waals surface area contributed by atoms with Gasteiger partial charge in [0, 0.05) is 0 Å². The fraction of sp³-hybridized carbons (Fsp3) is 0.167. The highest BCUT2D eigenvalue weighted by molar-refractivity contribution is 5.48. The normalized spacial score (nSPS) is 12.5. The Balaban J connectivity index is 2.51. The number of rotatable bonds is 3. The lowest BCUT2D eigenvalue weighted by molar-refractivity contribution is 0.604. The molecule has 0 fully saturated rings. The molecule has 0 aliphatic rings. The zero-order valence-corrected chi connectivity index (χ0v) is 11.7. The highest BCUT2D eigenvalue weighted by Gasteiger charge is 2.30. The lowest BCUT2D eigenvalue weighted by Gasteiger charge is -2.23. The first-order valence-corrected chi connectivity index (χ1v) is 6.53. The van der Waals surface area contributed by atoms with Crippen molar-refractivity contribution in [3.05, 3.63) is 70.8 Å². The molecule has 0 saturated carbocycles. The third-order valence-electron chi connectivity index (χ3n) is 3.57. The molecule has 0 aromatic heterocycles. The lowest BCUT2D eigenvalue weighted by atomic mass is 9.76. The quantitative estimate of drug-likeness (QED) is 0.858. The second-order valence-electron chi connectivity index (χ2n) is 5.05. The predicted octanol–water partition coefficient (Wildman–Crippen LogP) is 3.45. The van der Waals surface area contributed by atoms with Crippen LogP contribution in [-0.4, -0.2) is 0 Å². The SMILES string of the molecule is C[C@@](C#N)(Cc1ccccc1C#N)c1ccccc1C#N. The van der Waals surface area contributed by atoms with Gasteiger partial charge in [0.2, 0.25) is 0 Å². The zero-order chi connectivity index (χ0) is 15.3. The van der Waals surface area contributed by atoms with Crippen molar-refractivity contribution in [1.82, 2.24) is 0 Å². The van der Waals surface area contributed by atoms with E-state index in [4.69, 9.17) is 0 Å². The van der Waals surface area contributed by atoms with E-state index in [2.05, 4.69) is 18.2 Å². The highest BCUT2D eigenvalue weighted by Crippen LogP contribution is 2.31. The Bertz CT molecular complexity index is 787. The monoisotopic (exact) mass is 271 g/mol. The second-order valence-corrected chi connectivity index (χ2v) is 5.05. The number of hydrogen-bond donors (Lipinski definition) is 0. The van der Waals surface area contributed by atoms with Crippen LogP contribution in [0.3, 0.4) is 0 Å². The molecule has 3 nitrogen and oxygen atoms in total. The minimum Gasteiger partial charge on any atom is -0.197 e. The van der Waals surface area contributed by atoms with Crippen LogP contribution in [-0.2, 0) is 11.8 Å². The fourth-order valence-corrected chi connectivity index (χ4v) is 2.42. The van der Waals surface area contributed by atoms with Gasteiger partial charge in [0.05, 0.1) is 34.7 Å². The average molecular weight is 271 g/mol. The maximum absolute atomic E-state index is 9.64. The molecule has 0 bridgehead atoms. The summed E-state index contributed by atoms with van der Waals surface area (Å²) >= 11 is 0. The molecule has 0 heterocycles. The van der Waals surface area contributed by atoms with Gasteiger partial charge in [-0.05, 0) is 36.6 Å². The predicted molar refractivity (Wildman–Crippen MR) is 79.0 cm³/mol. The molecule has 0 N–H and O–H groups in total. The van der Waals surface area contributed by atoms with Crippen LogP contribution in [0.4, 0.5) is 0 Å². The molecule has 0 amide bonds. The minimum absolute atomic E-state index is 0.395. The first-order chi connectivity index (χ1) is 10.1. The van der Waals surface area contributed by atoms with Crippen molar-refractivity contribution in [2.75, 3.05) is 0 Å². The van der Waals surface area contributed by atoms with Gasteiger partial charge in [-0.2, -0.15) is 15.8 Å². The van der Waals surface area contributed by atoms with E-state index in [-0.39, 0.29) is 0 Å². The molecule has 0 radical (unpaired) electrons. The van der Waals surface area contributed by atoms with Crippen molar-refractivity contribution in [2.45, 2.75) is 18.8 Å². The molecule has 0 aliphatic carbocycles. The van der Waals surface area contributed by atoms with Crippen LogP contribution in [0.25, 0.3) is 0 Å². The first kappa shape index (κ1) is 14.3. The topological polar surface area (TPSA) is 71.4 Å². The van der Waals surface area contributed by atoms with E-state index in [1.165, 1.54) is 0 Å². The third-order valence-corrected chi connectivity index (χ3v) is 3.57. The highest BCUT2D eigenvalue weighted by atomic mass is 14.4. The summed E-state index contributed by atoms with van der Waals surface area (Å²) in [7, 11) is 0. The Morgan fingerprint density at radius 3 is 2.05 bits per heavy atom. The van der Waals surface area contributed by atoms with Crippen LogP contribution in [0, 0.1) is 34.0 Å². The molecule has 100 valence electrons. The third kappa shape index (κ3) is 2.76. The summed E-state index contributed by atoms with van der Waals surface area (Å²) in [5.74, 6) is 0. The molecule has 2 aromatic carbocycles. The summed E-state index contributed by atoms with van der Waals surface area (Å²) in [5.41, 5.74) is 1.73. The molecule has 2 aromatic rings. The zero-order valence-electron chi connectivity index (χ0n) is 11.7. The summed E-state index contributed by atoms with van der Waals surface area (Å²) < 4.78 is 0. The summed E-state index contributed by atoms with van der Waals surface area (Å²) in [4.78, 5) is 0. The van der Waals surface area contributed by atoms with Gasteiger partial charge in [-0.25, -0.2) is 0 Å². The van der Waals surface area contributed by atoms with Gasteiger partial charge in [0.15, 0.2) is 0 Å². The Labute approximate surface area is 124 Å². The minimum atomic E-state index is -0.848. The van der Waals surface area contributed by atoms with Crippen molar-refractivity contribution in [1.29, 1.82) is 15.8 Å². The fourth-order valence-electron chi connectivity index (χ4n) is 2.42. The van der Waals surface area contributed by atoms with Crippen molar-refractivity contribution in [3.8, 4) is 18.2 Å². The van der Waals surface area contributed by atoms with Crippen molar-refractivity contribution in [2.24, 2.45) is 0 Å². The van der Waals surface area contributed by atoms with E-state index in [1.807, 2.05) is 18.2 Å². The Kier molecular flexibility index (Phi) is 4.03. The van der Waals surface area contributed by atoms with Crippen LogP contribution < -0.4 is 0 Å². The molecule has 0 aliphatic heterocycles. The number of benzene rings is 2. The number of nitrogens with zero attached hydrogens (tertiary/aromatic N) is 3. The summed E-state index contributed by atoms with van der Waals surface area (Å²) in [6.45, 7) is 1.80. The average Bonchev–Trinajstić information content (AvgIpc) is 2.55. The van der Waals surface area contributed by atoms with Crippen LogP contribution in [0.15, 0.2) is 48.5 Å². The molecule has 2 rings (SSSR count). The Morgan fingerprint density at radius 1 is 0.857 bits per heavy atom. The van der Waals surface area contributed by atoms with Crippen molar-refractivity contribution in [3.63, 3.8) is 0 Å². The number of nitriles is 3.